The fraction of sp³-hybridized carbons (Fsp3) is 0.500. The van der Waals surface area contributed by atoms with E-state index in [4.69, 9.17) is 10.00 Å². The van der Waals surface area contributed by atoms with Crippen molar-refractivity contribution < 1.29 is 9.53 Å². The van der Waals surface area contributed by atoms with Gasteiger partial charge in [-0.2, -0.15) is 5.26 Å². The molecule has 1 atom stereocenters. The predicted molar refractivity (Wildman–Crippen MR) is 78.6 cm³/mol. The molecule has 4 heteroatoms. The van der Waals surface area contributed by atoms with Crippen molar-refractivity contribution in [2.24, 2.45) is 0 Å². The maximum Gasteiger partial charge on any atom is 0.253 e. The van der Waals surface area contributed by atoms with E-state index in [-0.39, 0.29) is 11.9 Å². The first-order chi connectivity index (χ1) is 9.60. The molecule has 0 radical (unpaired) electrons. The maximum atomic E-state index is 12.2. The molecule has 1 amide bonds. The minimum Gasteiger partial charge on any atom is -0.494 e. The molecule has 20 heavy (non-hydrogen) atoms. The average molecular weight is 274 g/mol. The number of unbranched alkanes of at least 4 members (excludes halogenated alkanes) is 1. The molecular weight excluding hydrogens is 252 g/mol. The van der Waals surface area contributed by atoms with Gasteiger partial charge in [0.15, 0.2) is 0 Å². The highest BCUT2D eigenvalue weighted by Gasteiger charge is 2.17. The first kappa shape index (κ1) is 16.0. The molecule has 1 aromatic rings. The van der Waals surface area contributed by atoms with Crippen molar-refractivity contribution in [3.05, 3.63) is 29.8 Å². The lowest BCUT2D eigenvalue weighted by Gasteiger charge is -2.23. The summed E-state index contributed by atoms with van der Waals surface area (Å²) in [5.41, 5.74) is 0.611. The standard InChI is InChI=1S/C16H22N2O2/c1-4-5-12-20-15-8-6-14(7-9-15)16(19)18(3)13(2)10-11-17/h6-9,13H,4-5,10,12H2,1-3H3. The third kappa shape index (κ3) is 4.58. The number of amides is 1. The second kappa shape index (κ2) is 8.21. The summed E-state index contributed by atoms with van der Waals surface area (Å²) in [5, 5.41) is 8.67. The molecule has 0 saturated carbocycles. The Bertz CT molecular complexity index is 462. The number of hydrogen-bond donors (Lipinski definition) is 0. The second-order valence-corrected chi connectivity index (χ2v) is 4.85. The van der Waals surface area contributed by atoms with Crippen molar-refractivity contribution in [1.29, 1.82) is 5.26 Å². The maximum absolute atomic E-state index is 12.2. The van der Waals surface area contributed by atoms with Crippen LogP contribution in [0.2, 0.25) is 0 Å². The van der Waals surface area contributed by atoms with Crippen molar-refractivity contribution in [2.45, 2.75) is 39.2 Å². The average Bonchev–Trinajstić information content (AvgIpc) is 2.47. The minimum atomic E-state index is -0.0898. The molecule has 1 aromatic carbocycles. The van der Waals surface area contributed by atoms with E-state index in [1.165, 1.54) is 0 Å². The second-order valence-electron chi connectivity index (χ2n) is 4.85. The number of carbonyl (C=O) groups is 1. The number of carbonyl (C=O) groups excluding carboxylic acids is 1. The summed E-state index contributed by atoms with van der Waals surface area (Å²) >= 11 is 0. The number of benzene rings is 1. The number of hydrogen-bond acceptors (Lipinski definition) is 3. The van der Waals surface area contributed by atoms with Gasteiger partial charge in [-0.25, -0.2) is 0 Å². The Balaban J connectivity index is 2.63. The fourth-order valence-electron chi connectivity index (χ4n) is 1.70. The van der Waals surface area contributed by atoms with Crippen LogP contribution in [-0.2, 0) is 0 Å². The lowest BCUT2D eigenvalue weighted by atomic mass is 10.1. The van der Waals surface area contributed by atoms with Gasteiger partial charge >= 0.3 is 0 Å². The van der Waals surface area contributed by atoms with Crippen LogP contribution < -0.4 is 4.74 Å². The highest BCUT2D eigenvalue weighted by atomic mass is 16.5. The van der Waals surface area contributed by atoms with E-state index < -0.39 is 0 Å². The lowest BCUT2D eigenvalue weighted by Crippen LogP contribution is -2.34. The fourth-order valence-corrected chi connectivity index (χ4v) is 1.70. The van der Waals surface area contributed by atoms with Gasteiger partial charge in [0.25, 0.3) is 5.91 Å². The Kier molecular flexibility index (Phi) is 6.58. The van der Waals surface area contributed by atoms with Gasteiger partial charge in [-0.15, -0.1) is 0 Å². The van der Waals surface area contributed by atoms with Crippen LogP contribution in [0.3, 0.4) is 0 Å². The Morgan fingerprint density at radius 2 is 2.05 bits per heavy atom. The van der Waals surface area contributed by atoms with Gasteiger partial charge in [-0.1, -0.05) is 13.3 Å². The molecule has 0 fully saturated rings. The molecule has 0 aliphatic rings. The zero-order chi connectivity index (χ0) is 15.0. The van der Waals surface area contributed by atoms with Crippen LogP contribution in [0, 0.1) is 11.3 Å². The highest BCUT2D eigenvalue weighted by Crippen LogP contribution is 2.15. The molecule has 0 aromatic heterocycles. The molecule has 0 bridgehead atoms. The van der Waals surface area contributed by atoms with Gasteiger partial charge in [-0.3, -0.25) is 4.79 Å². The van der Waals surface area contributed by atoms with Gasteiger partial charge in [0, 0.05) is 18.7 Å². The molecule has 0 N–H and O–H groups in total. The van der Waals surface area contributed by atoms with Crippen LogP contribution in [0.15, 0.2) is 24.3 Å². The Morgan fingerprint density at radius 1 is 1.40 bits per heavy atom. The monoisotopic (exact) mass is 274 g/mol. The molecule has 0 saturated heterocycles. The Hall–Kier alpha value is -2.02. The predicted octanol–water partition coefficient (Wildman–Crippen LogP) is 3.24. The van der Waals surface area contributed by atoms with E-state index in [9.17, 15) is 4.79 Å². The van der Waals surface area contributed by atoms with E-state index in [0.29, 0.717) is 18.6 Å². The number of ether oxygens (including phenoxy) is 1. The van der Waals surface area contributed by atoms with E-state index in [1.54, 1.807) is 24.1 Å². The first-order valence-electron chi connectivity index (χ1n) is 6.97. The largest absolute Gasteiger partial charge is 0.494 e. The summed E-state index contributed by atoms with van der Waals surface area (Å²) in [5.74, 6) is 0.704. The van der Waals surface area contributed by atoms with Crippen LogP contribution in [0.5, 0.6) is 5.75 Å². The summed E-state index contributed by atoms with van der Waals surface area (Å²) in [6.45, 7) is 4.68. The Labute approximate surface area is 121 Å². The van der Waals surface area contributed by atoms with Crippen molar-refractivity contribution in [2.75, 3.05) is 13.7 Å². The summed E-state index contributed by atoms with van der Waals surface area (Å²) in [4.78, 5) is 13.8. The molecular formula is C16H22N2O2. The lowest BCUT2D eigenvalue weighted by molar-refractivity contribution is 0.0746. The number of rotatable bonds is 7. The molecule has 1 unspecified atom stereocenters. The molecule has 0 heterocycles. The molecule has 1 rings (SSSR count). The minimum absolute atomic E-state index is 0.0761. The van der Waals surface area contributed by atoms with Crippen molar-refractivity contribution >= 4 is 5.91 Å². The van der Waals surface area contributed by atoms with E-state index >= 15 is 0 Å². The SMILES string of the molecule is CCCCOc1ccc(C(=O)N(C)C(C)CC#N)cc1. The van der Waals surface area contributed by atoms with Gasteiger partial charge < -0.3 is 9.64 Å². The molecule has 0 aliphatic carbocycles. The molecule has 0 spiro atoms. The molecule has 108 valence electrons. The van der Waals surface area contributed by atoms with Crippen LogP contribution in [0.1, 0.15) is 43.5 Å². The first-order valence-corrected chi connectivity index (χ1v) is 6.97. The smallest absolute Gasteiger partial charge is 0.253 e. The van der Waals surface area contributed by atoms with Crippen LogP contribution in [0.4, 0.5) is 0 Å². The summed E-state index contributed by atoms with van der Waals surface area (Å²) < 4.78 is 5.56. The van der Waals surface area contributed by atoms with E-state index in [0.717, 1.165) is 18.6 Å². The number of nitrogens with zero attached hydrogens (tertiary/aromatic N) is 2. The quantitative estimate of drug-likeness (QED) is 0.717. The zero-order valence-corrected chi connectivity index (χ0v) is 12.4. The third-order valence-electron chi connectivity index (χ3n) is 3.24. The normalized spacial score (nSPS) is 11.5. The van der Waals surface area contributed by atoms with Crippen LogP contribution in [0.25, 0.3) is 0 Å². The zero-order valence-electron chi connectivity index (χ0n) is 12.4. The summed E-state index contributed by atoms with van der Waals surface area (Å²) in [6, 6.07) is 9.14. The Morgan fingerprint density at radius 3 is 2.60 bits per heavy atom. The van der Waals surface area contributed by atoms with Gasteiger partial charge in [0.05, 0.1) is 19.1 Å². The van der Waals surface area contributed by atoms with E-state index in [2.05, 4.69) is 13.0 Å². The van der Waals surface area contributed by atoms with Gasteiger partial charge in [0.2, 0.25) is 0 Å². The van der Waals surface area contributed by atoms with Gasteiger partial charge in [0.1, 0.15) is 5.75 Å². The van der Waals surface area contributed by atoms with Crippen molar-refractivity contribution in [1.82, 2.24) is 4.90 Å². The third-order valence-corrected chi connectivity index (χ3v) is 3.24. The van der Waals surface area contributed by atoms with Crippen molar-refractivity contribution in [3.63, 3.8) is 0 Å². The molecule has 0 aliphatic heterocycles. The molecule has 4 nitrogen and oxygen atoms in total. The topological polar surface area (TPSA) is 53.3 Å². The summed E-state index contributed by atoms with van der Waals surface area (Å²) in [6.07, 6.45) is 2.45. The number of nitriles is 1. The van der Waals surface area contributed by atoms with E-state index in [1.807, 2.05) is 19.1 Å². The summed E-state index contributed by atoms with van der Waals surface area (Å²) in [7, 11) is 1.72. The van der Waals surface area contributed by atoms with Gasteiger partial charge in [-0.05, 0) is 37.6 Å². The highest BCUT2D eigenvalue weighted by molar-refractivity contribution is 5.94. The van der Waals surface area contributed by atoms with Crippen LogP contribution in [-0.4, -0.2) is 30.5 Å². The van der Waals surface area contributed by atoms with Crippen LogP contribution >= 0.6 is 0 Å². The van der Waals surface area contributed by atoms with Crippen molar-refractivity contribution in [3.8, 4) is 11.8 Å².